The molecule has 0 radical (unpaired) electrons. The van der Waals surface area contributed by atoms with Crippen LogP contribution in [0.3, 0.4) is 0 Å². The molecule has 0 bridgehead atoms. The summed E-state index contributed by atoms with van der Waals surface area (Å²) in [4.78, 5) is 11.3. The smallest absolute Gasteiger partial charge is 0.306 e. The lowest BCUT2D eigenvalue weighted by Crippen LogP contribution is -2.14. The number of hydrogen-bond acceptors (Lipinski definition) is 2. The highest BCUT2D eigenvalue weighted by Crippen LogP contribution is 2.13. The van der Waals surface area contributed by atoms with E-state index in [-0.39, 0.29) is 12.1 Å². The van der Waals surface area contributed by atoms with Crippen LogP contribution in [0, 0.1) is 5.92 Å². The van der Waals surface area contributed by atoms with Crippen LogP contribution in [0.1, 0.15) is 59.8 Å². The Morgan fingerprint density at radius 1 is 1.21 bits per heavy atom. The molecule has 1 atom stereocenters. The summed E-state index contributed by atoms with van der Waals surface area (Å²) < 4.78 is 5.09. The Morgan fingerprint density at radius 3 is 2.36 bits per heavy atom. The maximum Gasteiger partial charge on any atom is 0.306 e. The zero-order chi connectivity index (χ0) is 11.0. The molecule has 0 aromatic carbocycles. The average molecular weight is 200 g/mol. The van der Waals surface area contributed by atoms with Crippen LogP contribution in [0.4, 0.5) is 0 Å². The minimum atomic E-state index is -0.0519. The summed E-state index contributed by atoms with van der Waals surface area (Å²) in [7, 11) is 0. The normalized spacial score (nSPS) is 12.9. The van der Waals surface area contributed by atoms with E-state index < -0.39 is 0 Å². The third kappa shape index (κ3) is 8.09. The maximum atomic E-state index is 11.3. The third-order valence-corrected chi connectivity index (χ3v) is 2.18. The van der Waals surface area contributed by atoms with E-state index >= 15 is 0 Å². The van der Waals surface area contributed by atoms with E-state index in [4.69, 9.17) is 4.74 Å². The van der Waals surface area contributed by atoms with Gasteiger partial charge in [-0.1, -0.05) is 39.5 Å². The van der Waals surface area contributed by atoms with Gasteiger partial charge in [-0.2, -0.15) is 0 Å². The van der Waals surface area contributed by atoms with Gasteiger partial charge >= 0.3 is 5.97 Å². The summed E-state index contributed by atoms with van der Waals surface area (Å²) >= 11 is 0. The minimum absolute atomic E-state index is 0.0188. The predicted molar refractivity (Wildman–Crippen MR) is 59.2 cm³/mol. The van der Waals surface area contributed by atoms with Gasteiger partial charge in [-0.05, 0) is 19.8 Å². The van der Waals surface area contributed by atoms with Crippen molar-refractivity contribution in [2.45, 2.75) is 65.9 Å². The molecule has 0 fully saturated rings. The van der Waals surface area contributed by atoms with Gasteiger partial charge in [-0.15, -0.1) is 0 Å². The molecule has 2 heteroatoms. The second-order valence-electron chi connectivity index (χ2n) is 4.34. The van der Waals surface area contributed by atoms with Gasteiger partial charge in [0.25, 0.3) is 0 Å². The second kappa shape index (κ2) is 7.84. The molecule has 2 nitrogen and oxygen atoms in total. The molecular weight excluding hydrogens is 176 g/mol. The number of rotatable bonds is 7. The molecule has 0 aromatic heterocycles. The van der Waals surface area contributed by atoms with Gasteiger partial charge in [0.2, 0.25) is 0 Å². The van der Waals surface area contributed by atoms with Crippen LogP contribution < -0.4 is 0 Å². The van der Waals surface area contributed by atoms with Crippen molar-refractivity contribution in [3.63, 3.8) is 0 Å². The molecule has 0 aliphatic heterocycles. The summed E-state index contributed by atoms with van der Waals surface area (Å²) in [6, 6.07) is 0. The molecule has 0 rings (SSSR count). The lowest BCUT2D eigenvalue weighted by atomic mass is 10.0. The fourth-order valence-electron chi connectivity index (χ4n) is 1.44. The van der Waals surface area contributed by atoms with Crippen LogP contribution in [-0.2, 0) is 9.53 Å². The van der Waals surface area contributed by atoms with Crippen molar-refractivity contribution < 1.29 is 9.53 Å². The molecule has 0 aliphatic carbocycles. The van der Waals surface area contributed by atoms with Crippen LogP contribution in [0.2, 0.25) is 0 Å². The van der Waals surface area contributed by atoms with Gasteiger partial charge < -0.3 is 4.74 Å². The quantitative estimate of drug-likeness (QED) is 0.464. The Bertz CT molecular complexity index is 152. The first kappa shape index (κ1) is 13.5. The molecule has 0 spiro atoms. The number of ether oxygens (including phenoxy) is 1. The van der Waals surface area contributed by atoms with E-state index in [1.54, 1.807) is 0 Å². The van der Waals surface area contributed by atoms with Crippen LogP contribution in [0.25, 0.3) is 0 Å². The molecule has 84 valence electrons. The molecule has 0 N–H and O–H groups in total. The summed E-state index contributed by atoms with van der Waals surface area (Å²) in [5, 5.41) is 0. The van der Waals surface area contributed by atoms with E-state index in [1.807, 2.05) is 13.8 Å². The lowest BCUT2D eigenvalue weighted by Gasteiger charge is -2.12. The van der Waals surface area contributed by atoms with Crippen molar-refractivity contribution in [2.24, 2.45) is 5.92 Å². The van der Waals surface area contributed by atoms with E-state index in [9.17, 15) is 4.79 Å². The molecular formula is C12H24O2. The molecule has 14 heavy (non-hydrogen) atoms. The second-order valence-corrected chi connectivity index (χ2v) is 4.34. The Balaban J connectivity index is 3.50. The molecule has 0 heterocycles. The first-order valence-electron chi connectivity index (χ1n) is 5.75. The van der Waals surface area contributed by atoms with E-state index in [1.165, 1.54) is 19.3 Å². The summed E-state index contributed by atoms with van der Waals surface area (Å²) in [5.41, 5.74) is 0. The van der Waals surface area contributed by atoms with Crippen molar-refractivity contribution in [1.29, 1.82) is 0 Å². The SMILES string of the molecule is CCCCC[C@@H](C)CC(=O)OC(C)C. The first-order chi connectivity index (χ1) is 6.56. The highest BCUT2D eigenvalue weighted by atomic mass is 16.5. The highest BCUT2D eigenvalue weighted by molar-refractivity contribution is 5.69. The van der Waals surface area contributed by atoms with Gasteiger partial charge in [-0.3, -0.25) is 4.79 Å². The number of carbonyl (C=O) groups is 1. The zero-order valence-electron chi connectivity index (χ0n) is 10.0. The predicted octanol–water partition coefficient (Wildman–Crippen LogP) is 3.54. The third-order valence-electron chi connectivity index (χ3n) is 2.18. The summed E-state index contributed by atoms with van der Waals surface area (Å²) in [6.45, 7) is 8.09. The maximum absolute atomic E-state index is 11.3. The number of esters is 1. The molecule has 0 saturated heterocycles. The average Bonchev–Trinajstić information content (AvgIpc) is 2.02. The highest BCUT2D eigenvalue weighted by Gasteiger charge is 2.10. The molecule has 0 aliphatic rings. The lowest BCUT2D eigenvalue weighted by molar-refractivity contribution is -0.148. The number of unbranched alkanes of at least 4 members (excludes halogenated alkanes) is 2. The van der Waals surface area contributed by atoms with Gasteiger partial charge in [0.15, 0.2) is 0 Å². The van der Waals surface area contributed by atoms with E-state index in [0.717, 1.165) is 6.42 Å². The van der Waals surface area contributed by atoms with Crippen molar-refractivity contribution in [3.8, 4) is 0 Å². The Hall–Kier alpha value is -0.530. The van der Waals surface area contributed by atoms with Crippen molar-refractivity contribution in [2.75, 3.05) is 0 Å². The number of carbonyl (C=O) groups excluding carboxylic acids is 1. The standard InChI is InChI=1S/C12H24O2/c1-5-6-7-8-11(4)9-12(13)14-10(2)3/h10-11H,5-9H2,1-4H3/t11-/m1/s1. The van der Waals surface area contributed by atoms with Crippen LogP contribution >= 0.6 is 0 Å². The van der Waals surface area contributed by atoms with Crippen LogP contribution in [-0.4, -0.2) is 12.1 Å². The first-order valence-corrected chi connectivity index (χ1v) is 5.75. The fourth-order valence-corrected chi connectivity index (χ4v) is 1.44. The Morgan fingerprint density at radius 2 is 1.86 bits per heavy atom. The van der Waals surface area contributed by atoms with Crippen molar-refractivity contribution in [1.82, 2.24) is 0 Å². The molecule has 0 aromatic rings. The summed E-state index contributed by atoms with van der Waals surface area (Å²) in [6.07, 6.45) is 5.47. The molecule has 0 amide bonds. The Kier molecular flexibility index (Phi) is 7.54. The van der Waals surface area contributed by atoms with Gasteiger partial charge in [0, 0.05) is 6.42 Å². The van der Waals surface area contributed by atoms with Gasteiger partial charge in [0.1, 0.15) is 0 Å². The monoisotopic (exact) mass is 200 g/mol. The van der Waals surface area contributed by atoms with Crippen LogP contribution in [0.15, 0.2) is 0 Å². The van der Waals surface area contributed by atoms with Crippen molar-refractivity contribution >= 4 is 5.97 Å². The zero-order valence-corrected chi connectivity index (χ0v) is 10.0. The molecule has 0 unspecified atom stereocenters. The van der Waals surface area contributed by atoms with Crippen LogP contribution in [0.5, 0.6) is 0 Å². The Labute approximate surface area is 88.0 Å². The van der Waals surface area contributed by atoms with Crippen molar-refractivity contribution in [3.05, 3.63) is 0 Å². The summed E-state index contributed by atoms with van der Waals surface area (Å²) in [5.74, 6) is 0.414. The van der Waals surface area contributed by atoms with E-state index in [2.05, 4.69) is 13.8 Å². The fraction of sp³-hybridized carbons (Fsp3) is 0.917. The molecule has 0 saturated carbocycles. The minimum Gasteiger partial charge on any atom is -0.463 e. The van der Waals surface area contributed by atoms with Gasteiger partial charge in [0.05, 0.1) is 6.10 Å². The largest absolute Gasteiger partial charge is 0.463 e. The van der Waals surface area contributed by atoms with E-state index in [0.29, 0.717) is 12.3 Å². The topological polar surface area (TPSA) is 26.3 Å². The van der Waals surface area contributed by atoms with Gasteiger partial charge in [-0.25, -0.2) is 0 Å². The number of hydrogen-bond donors (Lipinski definition) is 0.